The van der Waals surface area contributed by atoms with E-state index in [-0.39, 0.29) is 5.78 Å². The van der Waals surface area contributed by atoms with Crippen molar-refractivity contribution in [1.29, 1.82) is 0 Å². The van der Waals surface area contributed by atoms with Gasteiger partial charge in [0.05, 0.1) is 22.5 Å². The largest absolute Gasteiger partial charge is 0.375 e. The zero-order valence-corrected chi connectivity index (χ0v) is 18.4. The molecule has 6 rings (SSSR count). The third-order valence-corrected chi connectivity index (χ3v) is 6.57. The molecule has 2 aromatic heterocycles. The van der Waals surface area contributed by atoms with Crippen LogP contribution in [-0.2, 0) is 10.3 Å². The van der Waals surface area contributed by atoms with Crippen LogP contribution in [-0.4, -0.2) is 33.2 Å². The topological polar surface area (TPSA) is 82.5 Å². The molecular weight excluding hydrogens is 410 g/mol. The number of H-pyrrole nitrogens is 1. The fourth-order valence-corrected chi connectivity index (χ4v) is 4.67. The fraction of sp³-hybridized carbons (Fsp3) is 0.185. The molecule has 0 saturated carbocycles. The van der Waals surface area contributed by atoms with Crippen LogP contribution in [0.15, 0.2) is 94.5 Å². The van der Waals surface area contributed by atoms with E-state index in [0.29, 0.717) is 0 Å². The summed E-state index contributed by atoms with van der Waals surface area (Å²) in [5.41, 5.74) is 2.91. The lowest BCUT2D eigenvalue weighted by atomic mass is 9.82. The van der Waals surface area contributed by atoms with Crippen LogP contribution in [0.4, 0.5) is 0 Å². The molecule has 0 radical (unpaired) electrons. The normalized spacial score (nSPS) is 26.6. The number of hydrogen-bond acceptors (Lipinski definition) is 5. The van der Waals surface area contributed by atoms with Gasteiger partial charge in [0, 0.05) is 28.8 Å². The van der Waals surface area contributed by atoms with Crippen molar-refractivity contribution < 1.29 is 4.79 Å². The van der Waals surface area contributed by atoms with Crippen molar-refractivity contribution in [1.82, 2.24) is 15.3 Å². The summed E-state index contributed by atoms with van der Waals surface area (Å²) in [6, 6.07) is 7.54. The molecule has 0 aliphatic carbocycles. The summed E-state index contributed by atoms with van der Waals surface area (Å²) in [5, 5.41) is 5.38. The van der Waals surface area contributed by atoms with Crippen molar-refractivity contribution >= 4 is 29.4 Å². The summed E-state index contributed by atoms with van der Waals surface area (Å²) in [7, 11) is 0. The molecule has 0 spiro atoms. The average molecular weight is 434 g/mol. The maximum atomic E-state index is 13.4. The first kappa shape index (κ1) is 19.6. The molecule has 1 fully saturated rings. The van der Waals surface area contributed by atoms with Crippen molar-refractivity contribution in [2.45, 2.75) is 25.4 Å². The van der Waals surface area contributed by atoms with E-state index in [1.807, 2.05) is 74.6 Å². The third kappa shape index (κ3) is 3.26. The number of nitrogens with zero attached hydrogens (tertiary/aromatic N) is 3. The first-order valence-electron chi connectivity index (χ1n) is 11.0. The average Bonchev–Trinajstić information content (AvgIpc) is 3.57. The number of hydrogen-bond donors (Lipinski definition) is 2. The van der Waals surface area contributed by atoms with E-state index in [1.165, 1.54) is 0 Å². The second-order valence-electron chi connectivity index (χ2n) is 9.22. The smallest absolute Gasteiger partial charge is 0.170 e. The number of aromatic nitrogens is 2. The van der Waals surface area contributed by atoms with Crippen LogP contribution in [0, 0.1) is 5.41 Å². The van der Waals surface area contributed by atoms with Gasteiger partial charge in [0.15, 0.2) is 5.78 Å². The van der Waals surface area contributed by atoms with Crippen molar-refractivity contribution in [3.63, 3.8) is 0 Å². The molecule has 0 aromatic carbocycles. The molecule has 33 heavy (non-hydrogen) atoms. The van der Waals surface area contributed by atoms with E-state index in [2.05, 4.69) is 32.4 Å². The highest BCUT2D eigenvalue weighted by Gasteiger charge is 2.45. The third-order valence-electron chi connectivity index (χ3n) is 6.57. The molecule has 4 aliphatic heterocycles. The molecule has 4 aliphatic rings. The van der Waals surface area contributed by atoms with Crippen LogP contribution in [0.5, 0.6) is 0 Å². The summed E-state index contributed by atoms with van der Waals surface area (Å²) in [4.78, 5) is 30.7. The zero-order valence-electron chi connectivity index (χ0n) is 18.4. The highest BCUT2D eigenvalue weighted by atomic mass is 16.1. The van der Waals surface area contributed by atoms with Crippen LogP contribution in [0.3, 0.4) is 0 Å². The van der Waals surface area contributed by atoms with Crippen LogP contribution < -0.4 is 16.0 Å². The number of pyridine rings is 1. The molecule has 2 N–H and O–H groups in total. The van der Waals surface area contributed by atoms with Gasteiger partial charge in [0.1, 0.15) is 11.6 Å². The van der Waals surface area contributed by atoms with E-state index in [9.17, 15) is 4.79 Å². The van der Waals surface area contributed by atoms with E-state index in [1.54, 1.807) is 12.4 Å². The number of aliphatic imine (C=N–C) groups is 2. The number of fused-ring (bicyclic) bond motifs is 6. The van der Waals surface area contributed by atoms with Gasteiger partial charge in [-0.05, 0) is 92.3 Å². The highest BCUT2D eigenvalue weighted by molar-refractivity contribution is 6.20. The summed E-state index contributed by atoms with van der Waals surface area (Å²) < 4.78 is 0. The number of ketones is 1. The summed E-state index contributed by atoms with van der Waals surface area (Å²) in [6.07, 6.45) is 19.6. The maximum absolute atomic E-state index is 13.4. The number of Topliss-reactive ketones (excluding diaryl/α,β-unsaturated/α-hetero) is 1. The second kappa shape index (κ2) is 6.97. The van der Waals surface area contributed by atoms with Gasteiger partial charge in [-0.1, -0.05) is 0 Å². The lowest BCUT2D eigenvalue weighted by molar-refractivity contribution is -0.123. The second-order valence-corrected chi connectivity index (χ2v) is 9.22. The number of carbonyl (C=O) groups is 1. The number of rotatable bonds is 1. The van der Waals surface area contributed by atoms with Gasteiger partial charge in [0.2, 0.25) is 0 Å². The monoisotopic (exact) mass is 433 g/mol. The van der Waals surface area contributed by atoms with Gasteiger partial charge >= 0.3 is 0 Å². The van der Waals surface area contributed by atoms with Crippen LogP contribution in [0.1, 0.15) is 19.4 Å². The zero-order chi connectivity index (χ0) is 22.6. The molecule has 2 atom stereocenters. The Morgan fingerprint density at radius 1 is 0.939 bits per heavy atom. The lowest BCUT2D eigenvalue weighted by Crippen LogP contribution is -2.27. The van der Waals surface area contributed by atoms with Crippen molar-refractivity contribution in [2.24, 2.45) is 15.4 Å². The lowest BCUT2D eigenvalue weighted by Gasteiger charge is -2.25. The summed E-state index contributed by atoms with van der Waals surface area (Å²) in [5.74, 6) is 0.114. The predicted octanol–water partition coefficient (Wildman–Crippen LogP) is 2.24. The Bertz CT molecular complexity index is 1480. The minimum Gasteiger partial charge on any atom is -0.375 e. The SMILES string of the molecule is CC1(C)C(=O)C2C=C3C=CC(=N3)C=c3ccc([nH]3)=CC3=NC(c4ccncc4)(C=C3)C=C1N2. The summed E-state index contributed by atoms with van der Waals surface area (Å²) >= 11 is 0. The fourth-order valence-electron chi connectivity index (χ4n) is 4.67. The van der Waals surface area contributed by atoms with Gasteiger partial charge in [-0.25, -0.2) is 4.99 Å². The molecule has 6 nitrogen and oxygen atoms in total. The standard InChI is InChI=1S/C27H23N5O/c1-26(2)24-16-27(17-8-11-28-12-9-17)10-7-22(32-27)14-20-4-3-18(29-20)13-19-5-6-21(30-19)15-23(31-24)25(26)33/h3-16,23,29,31H,1-2H3. The first-order valence-corrected chi connectivity index (χ1v) is 11.0. The number of nitrogens with one attached hydrogen (secondary N) is 2. The number of aromatic amines is 1. The molecular formula is C27H23N5O. The quantitative estimate of drug-likeness (QED) is 0.724. The molecule has 6 heteroatoms. The van der Waals surface area contributed by atoms with Gasteiger partial charge < -0.3 is 10.3 Å². The van der Waals surface area contributed by atoms with Crippen molar-refractivity contribution in [3.8, 4) is 0 Å². The molecule has 2 aromatic rings. The van der Waals surface area contributed by atoms with E-state index in [4.69, 9.17) is 4.99 Å². The Hall–Kier alpha value is -4.06. The maximum Gasteiger partial charge on any atom is 0.170 e. The Balaban J connectivity index is 1.60. The van der Waals surface area contributed by atoms with Gasteiger partial charge in [-0.2, -0.15) is 0 Å². The number of allylic oxidation sites excluding steroid dienone is 4. The van der Waals surface area contributed by atoms with Crippen LogP contribution >= 0.6 is 0 Å². The van der Waals surface area contributed by atoms with E-state index in [0.717, 1.165) is 39.1 Å². The van der Waals surface area contributed by atoms with Crippen molar-refractivity contribution in [2.75, 3.05) is 0 Å². The number of carbonyl (C=O) groups excluding carboxylic acids is 1. The predicted molar refractivity (Wildman–Crippen MR) is 130 cm³/mol. The molecule has 8 bridgehead atoms. The molecule has 2 unspecified atom stereocenters. The Morgan fingerprint density at radius 2 is 1.70 bits per heavy atom. The molecule has 1 saturated heterocycles. The van der Waals surface area contributed by atoms with E-state index >= 15 is 0 Å². The minimum atomic E-state index is -0.728. The van der Waals surface area contributed by atoms with E-state index < -0.39 is 17.0 Å². The Kier molecular flexibility index (Phi) is 4.14. The van der Waals surface area contributed by atoms with Gasteiger partial charge in [0.25, 0.3) is 0 Å². The van der Waals surface area contributed by atoms with Crippen LogP contribution in [0.2, 0.25) is 0 Å². The molecule has 162 valence electrons. The Labute approximate surface area is 191 Å². The highest BCUT2D eigenvalue weighted by Crippen LogP contribution is 2.41. The molecule has 0 amide bonds. The Morgan fingerprint density at radius 3 is 2.48 bits per heavy atom. The van der Waals surface area contributed by atoms with Crippen molar-refractivity contribution in [3.05, 3.63) is 101 Å². The summed E-state index contributed by atoms with van der Waals surface area (Å²) in [6.45, 7) is 3.92. The first-order chi connectivity index (χ1) is 15.9. The minimum absolute atomic E-state index is 0.114. The van der Waals surface area contributed by atoms with Gasteiger partial charge in [-0.15, -0.1) is 0 Å². The van der Waals surface area contributed by atoms with Crippen LogP contribution in [0.25, 0.3) is 12.2 Å². The van der Waals surface area contributed by atoms with Gasteiger partial charge in [-0.3, -0.25) is 14.8 Å². The molecule has 6 heterocycles.